The molecule has 14 heavy (non-hydrogen) atoms. The molecule has 2 nitrogen and oxygen atoms in total. The van der Waals surface area contributed by atoms with E-state index in [2.05, 4.69) is 20.8 Å². The Morgan fingerprint density at radius 3 is 2.43 bits per heavy atom. The topological polar surface area (TPSA) is 37.3 Å². The third-order valence-corrected chi connectivity index (χ3v) is 4.65. The van der Waals surface area contributed by atoms with E-state index in [0.717, 1.165) is 12.3 Å². The van der Waals surface area contributed by atoms with E-state index in [0.29, 0.717) is 23.2 Å². The molecule has 2 aliphatic carbocycles. The fourth-order valence-corrected chi connectivity index (χ4v) is 3.98. The summed E-state index contributed by atoms with van der Waals surface area (Å²) in [5.41, 5.74) is 0.760. The average Bonchev–Trinajstić information content (AvgIpc) is 2.35. The van der Waals surface area contributed by atoms with Crippen molar-refractivity contribution in [1.29, 1.82) is 0 Å². The second kappa shape index (κ2) is 2.74. The van der Waals surface area contributed by atoms with Crippen LogP contribution in [-0.2, 0) is 4.79 Å². The van der Waals surface area contributed by atoms with Crippen LogP contribution in [0, 0.1) is 22.7 Å². The van der Waals surface area contributed by atoms with Gasteiger partial charge in [-0.25, -0.2) is 0 Å². The minimum Gasteiger partial charge on any atom is -0.481 e. The van der Waals surface area contributed by atoms with Crippen LogP contribution in [0.15, 0.2) is 0 Å². The van der Waals surface area contributed by atoms with Gasteiger partial charge in [0.05, 0.1) is 0 Å². The van der Waals surface area contributed by atoms with Crippen molar-refractivity contribution in [2.75, 3.05) is 0 Å². The summed E-state index contributed by atoms with van der Waals surface area (Å²) in [5.74, 6) is 0.566. The zero-order valence-corrected chi connectivity index (χ0v) is 9.34. The highest BCUT2D eigenvalue weighted by Crippen LogP contribution is 2.65. The zero-order chi connectivity index (χ0) is 10.6. The molecular weight excluding hydrogens is 176 g/mol. The van der Waals surface area contributed by atoms with Crippen molar-refractivity contribution in [2.45, 2.75) is 46.5 Å². The lowest BCUT2D eigenvalue weighted by Crippen LogP contribution is -2.31. The van der Waals surface area contributed by atoms with E-state index in [1.54, 1.807) is 0 Å². The molecule has 2 saturated carbocycles. The lowest BCUT2D eigenvalue weighted by atomic mass is 9.66. The largest absolute Gasteiger partial charge is 0.481 e. The summed E-state index contributed by atoms with van der Waals surface area (Å²) < 4.78 is 0. The molecule has 0 saturated heterocycles. The van der Waals surface area contributed by atoms with Gasteiger partial charge in [0.25, 0.3) is 0 Å². The first kappa shape index (κ1) is 10.0. The highest BCUT2D eigenvalue weighted by atomic mass is 16.4. The monoisotopic (exact) mass is 196 g/mol. The van der Waals surface area contributed by atoms with Gasteiger partial charge in [0.15, 0.2) is 0 Å². The van der Waals surface area contributed by atoms with Gasteiger partial charge < -0.3 is 5.11 Å². The molecule has 80 valence electrons. The van der Waals surface area contributed by atoms with Gasteiger partial charge in [-0.3, -0.25) is 4.79 Å². The van der Waals surface area contributed by atoms with Crippen LogP contribution in [0.3, 0.4) is 0 Å². The molecule has 1 N–H and O–H groups in total. The van der Waals surface area contributed by atoms with Crippen molar-refractivity contribution in [3.63, 3.8) is 0 Å². The summed E-state index contributed by atoms with van der Waals surface area (Å²) in [4.78, 5) is 10.7. The Morgan fingerprint density at radius 1 is 1.43 bits per heavy atom. The molecule has 0 radical (unpaired) electrons. The van der Waals surface area contributed by atoms with Gasteiger partial charge in [0, 0.05) is 6.42 Å². The van der Waals surface area contributed by atoms with Crippen LogP contribution in [-0.4, -0.2) is 11.1 Å². The summed E-state index contributed by atoms with van der Waals surface area (Å²) in [6.45, 7) is 6.95. The number of fused-ring (bicyclic) bond motifs is 2. The normalized spacial score (nSPS) is 44.2. The molecular formula is C12H20O2. The third-order valence-electron chi connectivity index (χ3n) is 4.65. The van der Waals surface area contributed by atoms with Gasteiger partial charge >= 0.3 is 5.97 Å². The standard InChI is InChI=1S/C12H20O2/c1-11(2)7-12(3)6-9(11)4-8(12)5-10(13)14/h8-9H,4-7H2,1-3H3,(H,13,14). The van der Waals surface area contributed by atoms with Crippen molar-refractivity contribution in [3.8, 4) is 0 Å². The second-order valence-electron chi connectivity index (χ2n) is 6.25. The van der Waals surface area contributed by atoms with Crippen LogP contribution >= 0.6 is 0 Å². The van der Waals surface area contributed by atoms with E-state index in [4.69, 9.17) is 5.11 Å². The third kappa shape index (κ3) is 1.35. The van der Waals surface area contributed by atoms with Crippen LogP contribution in [0.5, 0.6) is 0 Å². The van der Waals surface area contributed by atoms with Crippen LogP contribution in [0.2, 0.25) is 0 Å². The molecule has 2 bridgehead atoms. The van der Waals surface area contributed by atoms with Crippen LogP contribution in [0.25, 0.3) is 0 Å². The molecule has 2 aliphatic rings. The number of carbonyl (C=O) groups is 1. The second-order valence-corrected chi connectivity index (χ2v) is 6.25. The number of rotatable bonds is 2. The van der Waals surface area contributed by atoms with Gasteiger partial charge in [0.1, 0.15) is 0 Å². The van der Waals surface area contributed by atoms with E-state index in [1.165, 1.54) is 12.8 Å². The molecule has 0 aromatic carbocycles. The number of hydrogen-bond donors (Lipinski definition) is 1. The van der Waals surface area contributed by atoms with Crippen molar-refractivity contribution in [2.24, 2.45) is 22.7 Å². The first-order valence-electron chi connectivity index (χ1n) is 5.55. The molecule has 2 fully saturated rings. The molecule has 2 heteroatoms. The molecule has 0 spiro atoms. The summed E-state index contributed by atoms with van der Waals surface area (Å²) in [6, 6.07) is 0. The molecule has 0 aromatic heterocycles. The number of carboxylic acids is 1. The SMILES string of the molecule is CC1(C)CC2(C)CC1CC2CC(=O)O. The van der Waals surface area contributed by atoms with E-state index >= 15 is 0 Å². The maximum absolute atomic E-state index is 10.7. The maximum atomic E-state index is 10.7. The van der Waals surface area contributed by atoms with Gasteiger partial charge in [-0.1, -0.05) is 20.8 Å². The highest BCUT2D eigenvalue weighted by Gasteiger charge is 2.57. The first-order chi connectivity index (χ1) is 6.33. The molecule has 0 heterocycles. The van der Waals surface area contributed by atoms with Crippen molar-refractivity contribution >= 4 is 5.97 Å². The quantitative estimate of drug-likeness (QED) is 0.737. The summed E-state index contributed by atoms with van der Waals surface area (Å²) in [6.07, 6.45) is 3.97. The van der Waals surface area contributed by atoms with Gasteiger partial charge in [-0.15, -0.1) is 0 Å². The summed E-state index contributed by atoms with van der Waals surface area (Å²) in [5, 5.41) is 8.85. The van der Waals surface area contributed by atoms with Crippen molar-refractivity contribution in [1.82, 2.24) is 0 Å². The summed E-state index contributed by atoms with van der Waals surface area (Å²) >= 11 is 0. The average molecular weight is 196 g/mol. The van der Waals surface area contributed by atoms with E-state index < -0.39 is 5.97 Å². The van der Waals surface area contributed by atoms with Crippen LogP contribution in [0.4, 0.5) is 0 Å². The Labute approximate surface area is 85.7 Å². The number of hydrogen-bond acceptors (Lipinski definition) is 1. The predicted molar refractivity (Wildman–Crippen MR) is 55.0 cm³/mol. The molecule has 0 aliphatic heterocycles. The van der Waals surface area contributed by atoms with E-state index in [-0.39, 0.29) is 0 Å². The Morgan fingerprint density at radius 2 is 2.07 bits per heavy atom. The van der Waals surface area contributed by atoms with E-state index in [1.807, 2.05) is 0 Å². The molecule has 0 amide bonds. The van der Waals surface area contributed by atoms with Crippen molar-refractivity contribution in [3.05, 3.63) is 0 Å². The Kier molecular flexibility index (Phi) is 1.96. The minimum absolute atomic E-state index is 0.312. The molecule has 3 unspecified atom stereocenters. The number of aliphatic carboxylic acids is 1. The fourth-order valence-electron chi connectivity index (χ4n) is 3.98. The lowest BCUT2D eigenvalue weighted by molar-refractivity contribution is -0.139. The fraction of sp³-hybridized carbons (Fsp3) is 0.917. The maximum Gasteiger partial charge on any atom is 0.303 e. The van der Waals surface area contributed by atoms with E-state index in [9.17, 15) is 4.79 Å². The van der Waals surface area contributed by atoms with Crippen LogP contribution in [0.1, 0.15) is 46.5 Å². The van der Waals surface area contributed by atoms with Gasteiger partial charge in [-0.05, 0) is 41.9 Å². The van der Waals surface area contributed by atoms with Gasteiger partial charge in [0.2, 0.25) is 0 Å². The number of carboxylic acid groups (broad SMARTS) is 1. The Balaban J connectivity index is 2.12. The summed E-state index contributed by atoms with van der Waals surface area (Å²) in [7, 11) is 0. The molecule has 0 aromatic rings. The Hall–Kier alpha value is -0.530. The molecule has 3 atom stereocenters. The highest BCUT2D eigenvalue weighted by molar-refractivity contribution is 5.67. The first-order valence-corrected chi connectivity index (χ1v) is 5.55. The minimum atomic E-state index is -0.624. The Bertz CT molecular complexity index is 269. The van der Waals surface area contributed by atoms with Crippen molar-refractivity contribution < 1.29 is 9.90 Å². The predicted octanol–water partition coefficient (Wildman–Crippen LogP) is 2.92. The molecule has 2 rings (SSSR count). The van der Waals surface area contributed by atoms with Crippen LogP contribution < -0.4 is 0 Å². The smallest absolute Gasteiger partial charge is 0.303 e. The lowest BCUT2D eigenvalue weighted by Gasteiger charge is -2.38. The van der Waals surface area contributed by atoms with Gasteiger partial charge in [-0.2, -0.15) is 0 Å². The zero-order valence-electron chi connectivity index (χ0n) is 9.34.